The Balaban J connectivity index is 2.04. The molecule has 0 saturated carbocycles. The third kappa shape index (κ3) is 2.23. The van der Waals surface area contributed by atoms with Crippen molar-refractivity contribution in [3.63, 3.8) is 0 Å². The molecule has 0 unspecified atom stereocenters. The number of anilines is 1. The van der Waals surface area contributed by atoms with Crippen molar-refractivity contribution in [1.29, 1.82) is 0 Å². The lowest BCUT2D eigenvalue weighted by Gasteiger charge is -2.17. The highest BCUT2D eigenvalue weighted by Crippen LogP contribution is 2.21. The predicted molar refractivity (Wildman–Crippen MR) is 60.0 cm³/mol. The van der Waals surface area contributed by atoms with E-state index in [-0.39, 0.29) is 0 Å². The lowest BCUT2D eigenvalue weighted by molar-refractivity contribution is 0.726. The van der Waals surface area contributed by atoms with Crippen LogP contribution in [0.3, 0.4) is 0 Å². The number of nitrogens with zero attached hydrogens (tertiary/aromatic N) is 3. The highest BCUT2D eigenvalue weighted by atomic mass is 32.1. The van der Waals surface area contributed by atoms with E-state index in [0.29, 0.717) is 0 Å². The first-order valence-electron chi connectivity index (χ1n) is 5.47. The van der Waals surface area contributed by atoms with Crippen molar-refractivity contribution in [3.8, 4) is 0 Å². The van der Waals surface area contributed by atoms with Crippen molar-refractivity contribution < 1.29 is 0 Å². The first kappa shape index (κ1) is 9.90. The molecule has 0 bridgehead atoms. The SMILES string of the molecule is CCc1nsc(N2CCCCCC2)n1. The third-order valence-corrected chi connectivity index (χ3v) is 3.47. The summed E-state index contributed by atoms with van der Waals surface area (Å²) in [4.78, 5) is 6.92. The summed E-state index contributed by atoms with van der Waals surface area (Å²) in [5, 5.41) is 1.13. The van der Waals surface area contributed by atoms with Crippen LogP contribution in [0.5, 0.6) is 0 Å². The zero-order chi connectivity index (χ0) is 9.80. The van der Waals surface area contributed by atoms with E-state index in [1.807, 2.05) is 0 Å². The molecule has 1 aliphatic heterocycles. The molecule has 0 aromatic carbocycles. The molecule has 0 spiro atoms. The number of hydrogen-bond acceptors (Lipinski definition) is 4. The molecule has 1 saturated heterocycles. The zero-order valence-corrected chi connectivity index (χ0v) is 9.52. The summed E-state index contributed by atoms with van der Waals surface area (Å²) in [5.74, 6) is 0.995. The lowest BCUT2D eigenvalue weighted by Crippen LogP contribution is -2.23. The molecule has 1 fully saturated rings. The molecule has 1 aromatic heterocycles. The smallest absolute Gasteiger partial charge is 0.205 e. The lowest BCUT2D eigenvalue weighted by atomic mass is 10.2. The second-order valence-corrected chi connectivity index (χ2v) is 4.48. The average molecular weight is 211 g/mol. The molecule has 1 aliphatic rings. The summed E-state index contributed by atoms with van der Waals surface area (Å²) < 4.78 is 4.33. The first-order valence-corrected chi connectivity index (χ1v) is 6.25. The molecule has 2 rings (SSSR count). The van der Waals surface area contributed by atoms with E-state index in [1.165, 1.54) is 38.8 Å². The van der Waals surface area contributed by atoms with Gasteiger partial charge < -0.3 is 4.90 Å². The summed E-state index contributed by atoms with van der Waals surface area (Å²) in [6, 6.07) is 0. The van der Waals surface area contributed by atoms with Crippen LogP contribution in [0.2, 0.25) is 0 Å². The van der Waals surface area contributed by atoms with Crippen LogP contribution in [0, 0.1) is 0 Å². The normalized spacial score (nSPS) is 18.2. The first-order chi connectivity index (χ1) is 6.90. The molecule has 1 aromatic rings. The van der Waals surface area contributed by atoms with Gasteiger partial charge in [-0.2, -0.15) is 4.37 Å². The van der Waals surface area contributed by atoms with Crippen LogP contribution in [0.4, 0.5) is 5.13 Å². The number of aryl methyl sites for hydroxylation is 1. The van der Waals surface area contributed by atoms with Crippen LogP contribution in [0.1, 0.15) is 38.4 Å². The monoisotopic (exact) mass is 211 g/mol. The van der Waals surface area contributed by atoms with Gasteiger partial charge in [-0.3, -0.25) is 0 Å². The fourth-order valence-electron chi connectivity index (χ4n) is 1.78. The molecule has 0 N–H and O–H groups in total. The number of rotatable bonds is 2. The Bertz CT molecular complexity index is 277. The van der Waals surface area contributed by atoms with Crippen molar-refractivity contribution in [2.75, 3.05) is 18.0 Å². The second kappa shape index (κ2) is 4.73. The molecule has 0 radical (unpaired) electrons. The van der Waals surface area contributed by atoms with E-state index in [1.54, 1.807) is 11.5 Å². The summed E-state index contributed by atoms with van der Waals surface area (Å²) in [7, 11) is 0. The summed E-state index contributed by atoms with van der Waals surface area (Å²) in [6.07, 6.45) is 6.30. The van der Waals surface area contributed by atoms with Gasteiger partial charge in [-0.25, -0.2) is 4.98 Å². The van der Waals surface area contributed by atoms with Gasteiger partial charge in [-0.1, -0.05) is 19.8 Å². The van der Waals surface area contributed by atoms with Gasteiger partial charge in [0.2, 0.25) is 5.13 Å². The van der Waals surface area contributed by atoms with E-state index in [2.05, 4.69) is 21.2 Å². The quantitative estimate of drug-likeness (QED) is 0.752. The van der Waals surface area contributed by atoms with Gasteiger partial charge in [0.15, 0.2) is 0 Å². The van der Waals surface area contributed by atoms with Gasteiger partial charge in [0.1, 0.15) is 5.82 Å². The maximum Gasteiger partial charge on any atom is 0.205 e. The van der Waals surface area contributed by atoms with Gasteiger partial charge in [-0.05, 0) is 12.8 Å². The van der Waals surface area contributed by atoms with E-state index in [0.717, 1.165) is 17.4 Å². The average Bonchev–Trinajstić information content (AvgIpc) is 2.53. The molecule has 0 amide bonds. The minimum absolute atomic E-state index is 0.949. The molecule has 14 heavy (non-hydrogen) atoms. The van der Waals surface area contributed by atoms with E-state index in [4.69, 9.17) is 0 Å². The molecule has 2 heterocycles. The number of hydrogen-bond donors (Lipinski definition) is 0. The molecule has 0 aliphatic carbocycles. The van der Waals surface area contributed by atoms with Crippen LogP contribution in [0.15, 0.2) is 0 Å². The number of aromatic nitrogens is 2. The maximum absolute atomic E-state index is 4.53. The Hall–Kier alpha value is -0.640. The topological polar surface area (TPSA) is 29.0 Å². The molecular formula is C10H17N3S. The Morgan fingerprint density at radius 1 is 1.21 bits per heavy atom. The van der Waals surface area contributed by atoms with Crippen LogP contribution in [0.25, 0.3) is 0 Å². The van der Waals surface area contributed by atoms with E-state index >= 15 is 0 Å². The molecule has 78 valence electrons. The molecular weight excluding hydrogens is 194 g/mol. The van der Waals surface area contributed by atoms with Gasteiger partial charge >= 0.3 is 0 Å². The van der Waals surface area contributed by atoms with E-state index in [9.17, 15) is 0 Å². The van der Waals surface area contributed by atoms with Crippen molar-refractivity contribution >= 4 is 16.7 Å². The maximum atomic E-state index is 4.53. The fraction of sp³-hybridized carbons (Fsp3) is 0.800. The Kier molecular flexibility index (Phi) is 3.35. The van der Waals surface area contributed by atoms with Crippen LogP contribution < -0.4 is 4.90 Å². The van der Waals surface area contributed by atoms with Gasteiger partial charge in [-0.15, -0.1) is 0 Å². The Morgan fingerprint density at radius 3 is 2.50 bits per heavy atom. The Morgan fingerprint density at radius 2 is 1.93 bits per heavy atom. The highest BCUT2D eigenvalue weighted by Gasteiger charge is 2.13. The predicted octanol–water partition coefficient (Wildman–Crippen LogP) is 2.48. The summed E-state index contributed by atoms with van der Waals surface area (Å²) in [6.45, 7) is 4.44. The van der Waals surface area contributed by atoms with Crippen molar-refractivity contribution in [1.82, 2.24) is 9.36 Å². The van der Waals surface area contributed by atoms with Gasteiger partial charge in [0.25, 0.3) is 0 Å². The van der Waals surface area contributed by atoms with Gasteiger partial charge in [0.05, 0.1) is 0 Å². The summed E-state index contributed by atoms with van der Waals surface area (Å²) >= 11 is 1.55. The Labute approximate surface area is 89.3 Å². The van der Waals surface area contributed by atoms with Gasteiger partial charge in [0, 0.05) is 31.0 Å². The van der Waals surface area contributed by atoms with Crippen molar-refractivity contribution in [2.24, 2.45) is 0 Å². The second-order valence-electron chi connectivity index (χ2n) is 3.75. The van der Waals surface area contributed by atoms with Crippen molar-refractivity contribution in [3.05, 3.63) is 5.82 Å². The van der Waals surface area contributed by atoms with E-state index < -0.39 is 0 Å². The third-order valence-electron chi connectivity index (χ3n) is 2.65. The standard InChI is InChI=1S/C10H17N3S/c1-2-9-11-10(14-12-9)13-7-5-3-4-6-8-13/h2-8H2,1H3. The minimum Gasteiger partial charge on any atom is -0.347 e. The van der Waals surface area contributed by atoms with Crippen LogP contribution in [-0.4, -0.2) is 22.4 Å². The highest BCUT2D eigenvalue weighted by molar-refractivity contribution is 7.09. The molecule has 4 heteroatoms. The zero-order valence-electron chi connectivity index (χ0n) is 8.70. The molecule has 3 nitrogen and oxygen atoms in total. The van der Waals surface area contributed by atoms with Crippen molar-refractivity contribution in [2.45, 2.75) is 39.0 Å². The minimum atomic E-state index is 0.949. The van der Waals surface area contributed by atoms with Crippen LogP contribution >= 0.6 is 11.5 Å². The molecule has 0 atom stereocenters. The van der Waals surface area contributed by atoms with Crippen LogP contribution in [-0.2, 0) is 6.42 Å². The largest absolute Gasteiger partial charge is 0.347 e. The summed E-state index contributed by atoms with van der Waals surface area (Å²) in [5.41, 5.74) is 0. The fourth-order valence-corrected chi connectivity index (χ4v) is 2.58.